The highest BCUT2D eigenvalue weighted by Gasteiger charge is 2.59. The molecule has 4 aliphatic carbocycles. The molecule has 0 bridgehead atoms. The summed E-state index contributed by atoms with van der Waals surface area (Å²) in [6.45, 7) is 9.73. The van der Waals surface area contributed by atoms with E-state index < -0.39 is 0 Å². The molecule has 1 unspecified atom stereocenters. The number of carbonyl (C=O) groups is 1. The number of aliphatic hydroxyl groups excluding tert-OH is 1. The highest BCUT2D eigenvalue weighted by molar-refractivity contribution is 5.52. The molecule has 3 fully saturated rings. The molecule has 0 heterocycles. The van der Waals surface area contributed by atoms with Gasteiger partial charge in [0.05, 0.1) is 6.10 Å². The van der Waals surface area contributed by atoms with Crippen molar-refractivity contribution >= 4 is 6.29 Å². The summed E-state index contributed by atoms with van der Waals surface area (Å²) in [5.74, 6) is 4.48. The van der Waals surface area contributed by atoms with E-state index in [4.69, 9.17) is 0 Å². The van der Waals surface area contributed by atoms with Gasteiger partial charge in [-0.2, -0.15) is 0 Å². The summed E-state index contributed by atoms with van der Waals surface area (Å²) in [5, 5.41) is 10.2. The van der Waals surface area contributed by atoms with Gasteiger partial charge in [-0.05, 0) is 98.2 Å². The third-order valence-corrected chi connectivity index (χ3v) is 10.4. The fraction of sp³-hybridized carbons (Fsp3) is 0.889. The number of aldehydes is 1. The van der Waals surface area contributed by atoms with Gasteiger partial charge in [0.25, 0.3) is 0 Å². The van der Waals surface area contributed by atoms with Crippen molar-refractivity contribution in [2.45, 2.75) is 104 Å². The van der Waals surface area contributed by atoms with Crippen molar-refractivity contribution in [3.63, 3.8) is 0 Å². The van der Waals surface area contributed by atoms with Crippen LogP contribution in [0.25, 0.3) is 0 Å². The van der Waals surface area contributed by atoms with Gasteiger partial charge in [-0.3, -0.25) is 0 Å². The first-order valence-electron chi connectivity index (χ1n) is 12.6. The smallest absolute Gasteiger partial charge is 0.122 e. The van der Waals surface area contributed by atoms with Gasteiger partial charge in [0.15, 0.2) is 0 Å². The van der Waals surface area contributed by atoms with Crippen molar-refractivity contribution < 1.29 is 9.90 Å². The summed E-state index contributed by atoms with van der Waals surface area (Å²) < 4.78 is 0. The number of allylic oxidation sites excluding steroid dienone is 1. The number of fused-ring (bicyclic) bond motifs is 5. The minimum atomic E-state index is -0.0987. The number of hydrogen-bond donors (Lipinski definition) is 1. The molecule has 9 atom stereocenters. The molecule has 0 aliphatic heterocycles. The highest BCUT2D eigenvalue weighted by atomic mass is 16.3. The fourth-order valence-electron chi connectivity index (χ4n) is 8.65. The Bertz CT molecular complexity index is 638. The molecule has 1 N–H and O–H groups in total. The minimum Gasteiger partial charge on any atom is -0.393 e. The Labute approximate surface area is 178 Å². The van der Waals surface area contributed by atoms with Crippen LogP contribution in [0.2, 0.25) is 0 Å². The van der Waals surface area contributed by atoms with E-state index in [-0.39, 0.29) is 12.0 Å². The van der Waals surface area contributed by atoms with Gasteiger partial charge >= 0.3 is 0 Å². The van der Waals surface area contributed by atoms with Crippen LogP contribution in [0.15, 0.2) is 11.6 Å². The number of hydrogen-bond acceptors (Lipinski definition) is 2. The van der Waals surface area contributed by atoms with Gasteiger partial charge in [-0.15, -0.1) is 0 Å². The van der Waals surface area contributed by atoms with Crippen LogP contribution >= 0.6 is 0 Å². The van der Waals surface area contributed by atoms with Crippen molar-refractivity contribution in [3.8, 4) is 0 Å². The molecule has 4 aliphatic rings. The molecule has 0 aromatic rings. The predicted octanol–water partition coefficient (Wildman–Crippen LogP) is 6.57. The van der Waals surface area contributed by atoms with Crippen LogP contribution in [0, 0.1) is 46.3 Å². The fourth-order valence-corrected chi connectivity index (χ4v) is 8.65. The lowest BCUT2D eigenvalue weighted by Gasteiger charge is -2.58. The van der Waals surface area contributed by atoms with Crippen molar-refractivity contribution in [2.24, 2.45) is 46.3 Å². The molecule has 164 valence electrons. The van der Waals surface area contributed by atoms with Gasteiger partial charge in [-0.25, -0.2) is 0 Å². The molecule has 0 amide bonds. The van der Waals surface area contributed by atoms with Gasteiger partial charge < -0.3 is 9.90 Å². The summed E-state index contributed by atoms with van der Waals surface area (Å²) in [7, 11) is 0. The average molecular weight is 401 g/mol. The standard InChI is InChI=1S/C27H44O2/c1-18(17-28)6-5-7-19(2)23-10-11-24-22-9-8-20-16-21(29)12-14-26(20,3)25(22)13-15-27(23,24)4/h8,17-19,21-25,29H,5-7,9-16H2,1-4H3/t18?,19-,21+,22+,23-,24+,25+,26+,27-/m1/s1. The molecule has 4 rings (SSSR count). The Morgan fingerprint density at radius 1 is 1.10 bits per heavy atom. The molecule has 0 aromatic carbocycles. The Balaban J connectivity index is 1.46. The van der Waals surface area contributed by atoms with E-state index in [1.54, 1.807) is 5.57 Å². The van der Waals surface area contributed by atoms with Crippen LogP contribution in [-0.2, 0) is 4.79 Å². The Hall–Kier alpha value is -0.630. The quantitative estimate of drug-likeness (QED) is 0.404. The topological polar surface area (TPSA) is 37.3 Å². The van der Waals surface area contributed by atoms with Gasteiger partial charge in [0, 0.05) is 5.92 Å². The molecule has 0 spiro atoms. The molecule has 0 aromatic heterocycles. The van der Waals surface area contributed by atoms with Gasteiger partial charge in [0.2, 0.25) is 0 Å². The van der Waals surface area contributed by atoms with Crippen molar-refractivity contribution in [2.75, 3.05) is 0 Å². The van der Waals surface area contributed by atoms with E-state index in [1.807, 2.05) is 0 Å². The van der Waals surface area contributed by atoms with Crippen LogP contribution in [0.5, 0.6) is 0 Å². The van der Waals surface area contributed by atoms with Crippen molar-refractivity contribution in [1.82, 2.24) is 0 Å². The third-order valence-electron chi connectivity index (χ3n) is 10.4. The molecule has 2 nitrogen and oxygen atoms in total. The van der Waals surface area contributed by atoms with Crippen LogP contribution in [-0.4, -0.2) is 17.5 Å². The second-order valence-corrected chi connectivity index (χ2v) is 11.9. The average Bonchev–Trinajstić information content (AvgIpc) is 3.05. The Kier molecular flexibility index (Phi) is 6.06. The Morgan fingerprint density at radius 3 is 2.66 bits per heavy atom. The first-order valence-corrected chi connectivity index (χ1v) is 12.6. The SMILES string of the molecule is CC(C=O)CCC[C@@H](C)[C@H]1CC[C@H]2[C@@H]3CC=C4C[C@@H](O)CC[C@]4(C)[C@H]3CC[C@]12C. The van der Waals surface area contributed by atoms with E-state index in [0.717, 1.165) is 55.1 Å². The second kappa shape index (κ2) is 8.13. The lowest BCUT2D eigenvalue weighted by atomic mass is 9.47. The van der Waals surface area contributed by atoms with Crippen molar-refractivity contribution in [3.05, 3.63) is 11.6 Å². The highest BCUT2D eigenvalue weighted by Crippen LogP contribution is 2.67. The zero-order chi connectivity index (χ0) is 20.8. The Morgan fingerprint density at radius 2 is 1.90 bits per heavy atom. The van der Waals surface area contributed by atoms with E-state index in [2.05, 4.69) is 33.8 Å². The summed E-state index contributed by atoms with van der Waals surface area (Å²) >= 11 is 0. The van der Waals surface area contributed by atoms with E-state index in [0.29, 0.717) is 10.8 Å². The van der Waals surface area contributed by atoms with Crippen molar-refractivity contribution in [1.29, 1.82) is 0 Å². The largest absolute Gasteiger partial charge is 0.393 e. The number of carbonyl (C=O) groups excluding carboxylic acids is 1. The van der Waals surface area contributed by atoms with Crippen LogP contribution in [0.1, 0.15) is 98.3 Å². The molecular weight excluding hydrogens is 356 g/mol. The summed E-state index contributed by atoms with van der Waals surface area (Å²) in [6, 6.07) is 0. The van der Waals surface area contributed by atoms with E-state index in [1.165, 1.54) is 51.4 Å². The normalized spacial score (nSPS) is 46.1. The molecule has 29 heavy (non-hydrogen) atoms. The summed E-state index contributed by atoms with van der Waals surface area (Å²) in [4.78, 5) is 10.9. The lowest BCUT2D eigenvalue weighted by Crippen LogP contribution is -2.50. The maximum Gasteiger partial charge on any atom is 0.122 e. The zero-order valence-electron chi connectivity index (χ0n) is 19.3. The molecular formula is C27H44O2. The molecule has 0 saturated heterocycles. The maximum atomic E-state index is 10.9. The van der Waals surface area contributed by atoms with E-state index in [9.17, 15) is 9.90 Å². The zero-order valence-corrected chi connectivity index (χ0v) is 19.3. The molecule has 2 heteroatoms. The molecule has 3 saturated carbocycles. The first kappa shape index (κ1) is 21.6. The number of aliphatic hydroxyl groups is 1. The van der Waals surface area contributed by atoms with Crippen LogP contribution < -0.4 is 0 Å². The summed E-state index contributed by atoms with van der Waals surface area (Å²) in [6.07, 6.45) is 17.2. The second-order valence-electron chi connectivity index (χ2n) is 11.9. The maximum absolute atomic E-state index is 10.9. The lowest BCUT2D eigenvalue weighted by molar-refractivity contribution is -0.110. The van der Waals surface area contributed by atoms with Gasteiger partial charge in [-0.1, -0.05) is 52.2 Å². The third kappa shape index (κ3) is 3.66. The van der Waals surface area contributed by atoms with Gasteiger partial charge in [0.1, 0.15) is 6.29 Å². The monoisotopic (exact) mass is 400 g/mol. The predicted molar refractivity (Wildman–Crippen MR) is 119 cm³/mol. The van der Waals surface area contributed by atoms with E-state index >= 15 is 0 Å². The first-order chi connectivity index (χ1) is 13.8. The minimum absolute atomic E-state index is 0.0987. The van der Waals surface area contributed by atoms with Crippen LogP contribution in [0.3, 0.4) is 0 Å². The molecule has 0 radical (unpaired) electrons. The summed E-state index contributed by atoms with van der Waals surface area (Å²) in [5.41, 5.74) is 2.47. The number of rotatable bonds is 6. The van der Waals surface area contributed by atoms with Crippen LogP contribution in [0.4, 0.5) is 0 Å².